The van der Waals surface area contributed by atoms with Crippen LogP contribution in [0.15, 0.2) is 18.2 Å². The van der Waals surface area contributed by atoms with Crippen molar-refractivity contribution in [1.82, 2.24) is 4.90 Å². The van der Waals surface area contributed by atoms with Gasteiger partial charge in [0.1, 0.15) is 0 Å². The minimum atomic E-state index is 0.551. The Morgan fingerprint density at radius 3 is 2.90 bits per heavy atom. The second-order valence-corrected chi connectivity index (χ2v) is 6.45. The van der Waals surface area contributed by atoms with Gasteiger partial charge in [0.25, 0.3) is 0 Å². The molecule has 1 aliphatic rings. The van der Waals surface area contributed by atoms with Crippen molar-refractivity contribution in [1.29, 1.82) is 0 Å². The van der Waals surface area contributed by atoms with Crippen LogP contribution in [-0.2, 0) is 0 Å². The molecular weight excluding hydrogens is 244 g/mol. The van der Waals surface area contributed by atoms with Gasteiger partial charge in [0.05, 0.1) is 0 Å². The molecule has 0 aliphatic carbocycles. The number of nitrogens with zero attached hydrogens (tertiary/aromatic N) is 1. The van der Waals surface area contributed by atoms with Gasteiger partial charge in [0.15, 0.2) is 0 Å². The number of hydrogen-bond acceptors (Lipinski definition) is 2. The van der Waals surface area contributed by atoms with E-state index < -0.39 is 0 Å². The highest BCUT2D eigenvalue weighted by Crippen LogP contribution is 2.24. The van der Waals surface area contributed by atoms with E-state index in [4.69, 9.17) is 0 Å². The first-order valence-corrected chi connectivity index (χ1v) is 8.16. The molecule has 2 rings (SSSR count). The summed E-state index contributed by atoms with van der Waals surface area (Å²) in [6.45, 7) is 12.8. The van der Waals surface area contributed by atoms with E-state index in [1.54, 1.807) is 0 Å². The quantitative estimate of drug-likeness (QED) is 0.864. The summed E-state index contributed by atoms with van der Waals surface area (Å²) in [5.41, 5.74) is 4.00. The second-order valence-electron chi connectivity index (χ2n) is 6.45. The normalized spacial score (nSPS) is 21.7. The zero-order valence-corrected chi connectivity index (χ0v) is 13.6. The maximum atomic E-state index is 3.76. The third-order valence-electron chi connectivity index (χ3n) is 4.57. The summed E-state index contributed by atoms with van der Waals surface area (Å²) in [5, 5.41) is 3.76. The highest BCUT2D eigenvalue weighted by molar-refractivity contribution is 5.53. The predicted octanol–water partition coefficient (Wildman–Crippen LogP) is 4.23. The highest BCUT2D eigenvalue weighted by atomic mass is 15.1. The van der Waals surface area contributed by atoms with E-state index in [0.717, 1.165) is 5.92 Å². The molecule has 1 fully saturated rings. The first-order chi connectivity index (χ1) is 9.60. The van der Waals surface area contributed by atoms with Crippen molar-refractivity contribution in [2.24, 2.45) is 5.92 Å². The van der Waals surface area contributed by atoms with Gasteiger partial charge in [0.2, 0.25) is 0 Å². The Morgan fingerprint density at radius 2 is 2.15 bits per heavy atom. The Bertz CT molecular complexity index is 425. The van der Waals surface area contributed by atoms with Crippen molar-refractivity contribution in [2.45, 2.75) is 53.0 Å². The van der Waals surface area contributed by atoms with Crippen LogP contribution in [-0.4, -0.2) is 30.6 Å². The molecule has 1 aliphatic heterocycles. The topological polar surface area (TPSA) is 15.3 Å². The predicted molar refractivity (Wildman–Crippen MR) is 88.5 cm³/mol. The number of anilines is 1. The van der Waals surface area contributed by atoms with E-state index in [1.165, 1.54) is 55.7 Å². The Kier molecular flexibility index (Phi) is 5.47. The standard InChI is InChI=1S/C18H30N2/c1-5-10-20-11-6-7-17(13-20)16(4)19-18-12-14(2)8-9-15(18)3/h8-9,12,16-17,19H,5-7,10-11,13H2,1-4H3. The fraction of sp³-hybridized carbons (Fsp3) is 0.667. The molecule has 1 aromatic carbocycles. The van der Waals surface area contributed by atoms with Crippen molar-refractivity contribution in [3.05, 3.63) is 29.3 Å². The van der Waals surface area contributed by atoms with Crippen molar-refractivity contribution in [3.63, 3.8) is 0 Å². The number of rotatable bonds is 5. The number of hydrogen-bond donors (Lipinski definition) is 1. The lowest BCUT2D eigenvalue weighted by Gasteiger charge is -2.36. The van der Waals surface area contributed by atoms with E-state index in [-0.39, 0.29) is 0 Å². The molecule has 1 saturated heterocycles. The molecule has 0 saturated carbocycles. The molecule has 1 aromatic rings. The molecule has 112 valence electrons. The minimum absolute atomic E-state index is 0.551. The zero-order valence-electron chi connectivity index (χ0n) is 13.6. The van der Waals surface area contributed by atoms with Crippen LogP contribution in [0.2, 0.25) is 0 Å². The average molecular weight is 274 g/mol. The number of nitrogens with one attached hydrogen (secondary N) is 1. The maximum absolute atomic E-state index is 3.76. The monoisotopic (exact) mass is 274 g/mol. The second kappa shape index (κ2) is 7.12. The molecule has 1 heterocycles. The fourth-order valence-corrected chi connectivity index (χ4v) is 3.27. The summed E-state index contributed by atoms with van der Waals surface area (Å²) in [6.07, 6.45) is 3.98. The largest absolute Gasteiger partial charge is 0.382 e. The van der Waals surface area contributed by atoms with Gasteiger partial charge >= 0.3 is 0 Å². The van der Waals surface area contributed by atoms with Gasteiger partial charge in [-0.1, -0.05) is 19.1 Å². The summed E-state index contributed by atoms with van der Waals surface area (Å²) < 4.78 is 0. The molecule has 2 atom stereocenters. The third kappa shape index (κ3) is 3.99. The van der Waals surface area contributed by atoms with E-state index >= 15 is 0 Å². The van der Waals surface area contributed by atoms with Gasteiger partial charge in [-0.3, -0.25) is 0 Å². The smallest absolute Gasteiger partial charge is 0.0374 e. The molecule has 0 aromatic heterocycles. The summed E-state index contributed by atoms with van der Waals surface area (Å²) in [7, 11) is 0. The van der Waals surface area contributed by atoms with Crippen LogP contribution in [0.4, 0.5) is 5.69 Å². The van der Waals surface area contributed by atoms with Crippen LogP contribution >= 0.6 is 0 Å². The van der Waals surface area contributed by atoms with Gasteiger partial charge in [-0.05, 0) is 76.2 Å². The number of likely N-dealkylation sites (tertiary alicyclic amines) is 1. The summed E-state index contributed by atoms with van der Waals surface area (Å²) in [5.74, 6) is 0.773. The molecule has 2 heteroatoms. The maximum Gasteiger partial charge on any atom is 0.0374 e. The van der Waals surface area contributed by atoms with E-state index in [2.05, 4.69) is 56.1 Å². The number of aryl methyl sites for hydroxylation is 2. The van der Waals surface area contributed by atoms with Crippen LogP contribution in [0.3, 0.4) is 0 Å². The molecule has 2 unspecified atom stereocenters. The van der Waals surface area contributed by atoms with Crippen LogP contribution in [0, 0.1) is 19.8 Å². The van der Waals surface area contributed by atoms with Crippen LogP contribution in [0.5, 0.6) is 0 Å². The lowest BCUT2D eigenvalue weighted by Crippen LogP contribution is -2.42. The van der Waals surface area contributed by atoms with Crippen LogP contribution < -0.4 is 5.32 Å². The zero-order chi connectivity index (χ0) is 14.5. The summed E-state index contributed by atoms with van der Waals surface area (Å²) >= 11 is 0. The van der Waals surface area contributed by atoms with Gasteiger partial charge < -0.3 is 10.2 Å². The first-order valence-electron chi connectivity index (χ1n) is 8.16. The molecule has 2 nitrogen and oxygen atoms in total. The van der Waals surface area contributed by atoms with Crippen LogP contribution in [0.1, 0.15) is 44.2 Å². The Balaban J connectivity index is 1.96. The van der Waals surface area contributed by atoms with Gasteiger partial charge in [-0.2, -0.15) is 0 Å². The van der Waals surface area contributed by atoms with Crippen molar-refractivity contribution in [2.75, 3.05) is 25.0 Å². The Hall–Kier alpha value is -1.02. The summed E-state index contributed by atoms with van der Waals surface area (Å²) in [4.78, 5) is 2.63. The van der Waals surface area contributed by atoms with Gasteiger partial charge in [0, 0.05) is 18.3 Å². The SMILES string of the molecule is CCCN1CCCC(C(C)Nc2cc(C)ccc2C)C1. The molecule has 0 bridgehead atoms. The van der Waals surface area contributed by atoms with Crippen molar-refractivity contribution >= 4 is 5.69 Å². The van der Waals surface area contributed by atoms with Gasteiger partial charge in [-0.25, -0.2) is 0 Å². The summed E-state index contributed by atoms with van der Waals surface area (Å²) in [6, 6.07) is 7.23. The Morgan fingerprint density at radius 1 is 1.35 bits per heavy atom. The molecule has 20 heavy (non-hydrogen) atoms. The van der Waals surface area contributed by atoms with Gasteiger partial charge in [-0.15, -0.1) is 0 Å². The molecule has 1 N–H and O–H groups in total. The van der Waals surface area contributed by atoms with E-state index in [1.807, 2.05) is 0 Å². The molecule has 0 spiro atoms. The number of piperidine rings is 1. The average Bonchev–Trinajstić information content (AvgIpc) is 2.43. The highest BCUT2D eigenvalue weighted by Gasteiger charge is 2.24. The van der Waals surface area contributed by atoms with Crippen molar-refractivity contribution in [3.8, 4) is 0 Å². The van der Waals surface area contributed by atoms with E-state index in [9.17, 15) is 0 Å². The van der Waals surface area contributed by atoms with E-state index in [0.29, 0.717) is 6.04 Å². The first kappa shape index (κ1) is 15.4. The molecule has 0 amide bonds. The Labute approximate surface area is 124 Å². The third-order valence-corrected chi connectivity index (χ3v) is 4.57. The fourth-order valence-electron chi connectivity index (χ4n) is 3.27. The molecular formula is C18H30N2. The minimum Gasteiger partial charge on any atom is -0.382 e. The number of benzene rings is 1. The lowest BCUT2D eigenvalue weighted by atomic mass is 9.91. The van der Waals surface area contributed by atoms with Crippen molar-refractivity contribution < 1.29 is 0 Å². The molecule has 0 radical (unpaired) electrons. The van der Waals surface area contributed by atoms with Crippen LogP contribution in [0.25, 0.3) is 0 Å². The lowest BCUT2D eigenvalue weighted by molar-refractivity contribution is 0.165.